The number of hydrogen-bond acceptors (Lipinski definition) is 3. The predicted octanol–water partition coefficient (Wildman–Crippen LogP) is 2.57. The molecule has 0 aliphatic carbocycles. The third kappa shape index (κ3) is 3.84. The molecule has 0 saturated carbocycles. The number of carbonyl (C=O) groups excluding carboxylic acids is 1. The fourth-order valence-corrected chi connectivity index (χ4v) is 1.32. The molecule has 5 nitrogen and oxygen atoms in total. The largest absolute Gasteiger partial charge is 0.348 e. The number of allylic oxidation sites excluding steroid dienone is 1. The van der Waals surface area contributed by atoms with Crippen LogP contribution >= 0.6 is 0 Å². The maximum absolute atomic E-state index is 13.7. The summed E-state index contributed by atoms with van der Waals surface area (Å²) in [4.78, 5) is 21.0. The number of hydrogen-bond donors (Lipinski definition) is 1. The maximum atomic E-state index is 13.7. The number of halogens is 2. The second kappa shape index (κ2) is 6.03. The molecule has 1 N–H and O–H groups in total. The molecule has 0 atom stereocenters. The highest BCUT2D eigenvalue weighted by atomic mass is 19.1. The molecule has 0 heterocycles. The Balaban J connectivity index is 3.03. The van der Waals surface area contributed by atoms with Crippen LogP contribution in [0.25, 0.3) is 0 Å². The lowest BCUT2D eigenvalue weighted by atomic mass is 10.1. The fourth-order valence-electron chi connectivity index (χ4n) is 1.32. The Bertz CT molecular complexity index is 552. The third-order valence-corrected chi connectivity index (χ3v) is 2.23. The van der Waals surface area contributed by atoms with Crippen LogP contribution in [0.15, 0.2) is 23.8 Å². The zero-order valence-corrected chi connectivity index (χ0v) is 10.4. The van der Waals surface area contributed by atoms with E-state index in [4.69, 9.17) is 0 Å². The Morgan fingerprint density at radius 1 is 1.42 bits per heavy atom. The average Bonchev–Trinajstić information content (AvgIpc) is 2.30. The minimum atomic E-state index is -1.35. The van der Waals surface area contributed by atoms with E-state index in [1.807, 2.05) is 0 Å². The number of nitrogens with one attached hydrogen (secondary N) is 1. The van der Waals surface area contributed by atoms with Crippen LogP contribution < -0.4 is 5.32 Å². The first-order valence-electron chi connectivity index (χ1n) is 5.38. The van der Waals surface area contributed by atoms with E-state index in [-0.39, 0.29) is 6.54 Å². The number of rotatable bonds is 4. The van der Waals surface area contributed by atoms with Crippen LogP contribution in [-0.4, -0.2) is 17.4 Å². The van der Waals surface area contributed by atoms with Crippen molar-refractivity contribution in [3.8, 4) is 0 Å². The zero-order valence-electron chi connectivity index (χ0n) is 10.4. The van der Waals surface area contributed by atoms with Gasteiger partial charge in [0.25, 0.3) is 5.91 Å². The molecule has 7 heteroatoms. The highest BCUT2D eigenvalue weighted by Crippen LogP contribution is 2.22. The first-order valence-corrected chi connectivity index (χ1v) is 5.38. The standard InChI is InChI=1S/C12H12F2N2O3/c1-7(2)3-4-15-12(17)9-5-8(13)6-10(11(9)14)16(18)19/h3,5-6H,4H2,1-2H3,(H,15,17). The second-order valence-corrected chi connectivity index (χ2v) is 4.04. The van der Waals surface area contributed by atoms with Gasteiger partial charge in [-0.3, -0.25) is 14.9 Å². The number of benzene rings is 1. The van der Waals surface area contributed by atoms with Crippen LogP contribution in [0.1, 0.15) is 24.2 Å². The minimum Gasteiger partial charge on any atom is -0.348 e. The summed E-state index contributed by atoms with van der Waals surface area (Å²) in [6.45, 7) is 3.74. The van der Waals surface area contributed by atoms with Gasteiger partial charge in [0, 0.05) is 6.54 Å². The average molecular weight is 270 g/mol. The van der Waals surface area contributed by atoms with Crippen LogP contribution in [0, 0.1) is 21.7 Å². The number of amides is 1. The topological polar surface area (TPSA) is 72.2 Å². The van der Waals surface area contributed by atoms with E-state index in [1.165, 1.54) is 0 Å². The molecule has 102 valence electrons. The van der Waals surface area contributed by atoms with Crippen LogP contribution in [0.2, 0.25) is 0 Å². The molecule has 0 aliphatic heterocycles. The highest BCUT2D eigenvalue weighted by Gasteiger charge is 2.23. The second-order valence-electron chi connectivity index (χ2n) is 4.04. The normalized spacial score (nSPS) is 9.89. The van der Waals surface area contributed by atoms with Gasteiger partial charge in [0.1, 0.15) is 5.82 Å². The van der Waals surface area contributed by atoms with E-state index in [1.54, 1.807) is 19.9 Å². The van der Waals surface area contributed by atoms with Gasteiger partial charge in [0.05, 0.1) is 16.6 Å². The fraction of sp³-hybridized carbons (Fsp3) is 0.250. The van der Waals surface area contributed by atoms with Crippen LogP contribution in [0.4, 0.5) is 14.5 Å². The molecule has 1 aromatic rings. The van der Waals surface area contributed by atoms with Crippen LogP contribution in [0.3, 0.4) is 0 Å². The summed E-state index contributed by atoms with van der Waals surface area (Å²) in [7, 11) is 0. The van der Waals surface area contributed by atoms with Gasteiger partial charge in [-0.2, -0.15) is 4.39 Å². The van der Waals surface area contributed by atoms with Gasteiger partial charge in [0.2, 0.25) is 5.82 Å². The Morgan fingerprint density at radius 2 is 2.05 bits per heavy atom. The lowest BCUT2D eigenvalue weighted by molar-refractivity contribution is -0.387. The lowest BCUT2D eigenvalue weighted by Crippen LogP contribution is -2.25. The van der Waals surface area contributed by atoms with Gasteiger partial charge in [-0.1, -0.05) is 11.6 Å². The van der Waals surface area contributed by atoms with E-state index in [9.17, 15) is 23.7 Å². The molecular formula is C12H12F2N2O3. The number of nitro benzene ring substituents is 1. The van der Waals surface area contributed by atoms with Gasteiger partial charge in [-0.05, 0) is 19.9 Å². The molecule has 0 radical (unpaired) electrons. The van der Waals surface area contributed by atoms with E-state index in [0.29, 0.717) is 12.1 Å². The van der Waals surface area contributed by atoms with Crippen molar-refractivity contribution in [3.63, 3.8) is 0 Å². The molecule has 19 heavy (non-hydrogen) atoms. The van der Waals surface area contributed by atoms with Crippen molar-refractivity contribution in [2.45, 2.75) is 13.8 Å². The molecule has 1 rings (SSSR count). The van der Waals surface area contributed by atoms with Crippen molar-refractivity contribution in [1.29, 1.82) is 0 Å². The molecule has 0 aliphatic rings. The number of carbonyl (C=O) groups is 1. The van der Waals surface area contributed by atoms with Gasteiger partial charge >= 0.3 is 5.69 Å². The molecule has 0 saturated heterocycles. The summed E-state index contributed by atoms with van der Waals surface area (Å²) in [6, 6.07) is 1.06. The molecule has 1 amide bonds. The smallest absolute Gasteiger partial charge is 0.308 e. The molecule has 1 aromatic carbocycles. The van der Waals surface area contributed by atoms with Crippen molar-refractivity contribution < 1.29 is 18.5 Å². The first kappa shape index (κ1) is 14.7. The predicted molar refractivity (Wildman–Crippen MR) is 64.8 cm³/mol. The SMILES string of the molecule is CC(C)=CCNC(=O)c1cc(F)cc([N+](=O)[O-])c1F. The monoisotopic (exact) mass is 270 g/mol. The molecule has 0 fully saturated rings. The van der Waals surface area contributed by atoms with Gasteiger partial charge < -0.3 is 5.32 Å². The number of nitrogens with zero attached hydrogens (tertiary/aromatic N) is 1. The maximum Gasteiger partial charge on any atom is 0.308 e. The van der Waals surface area contributed by atoms with Gasteiger partial charge in [-0.25, -0.2) is 4.39 Å². The number of nitro groups is 1. The van der Waals surface area contributed by atoms with E-state index < -0.39 is 33.7 Å². The van der Waals surface area contributed by atoms with Crippen LogP contribution in [-0.2, 0) is 0 Å². The van der Waals surface area contributed by atoms with Crippen LogP contribution in [0.5, 0.6) is 0 Å². The van der Waals surface area contributed by atoms with Crippen molar-refractivity contribution in [2.75, 3.05) is 6.54 Å². The Morgan fingerprint density at radius 3 is 2.58 bits per heavy atom. The summed E-state index contributed by atoms with van der Waals surface area (Å²) in [5.74, 6) is -3.29. The molecule has 0 aromatic heterocycles. The third-order valence-electron chi connectivity index (χ3n) is 2.23. The van der Waals surface area contributed by atoms with Gasteiger partial charge in [-0.15, -0.1) is 0 Å². The molecule has 0 spiro atoms. The summed E-state index contributed by atoms with van der Waals surface area (Å²) >= 11 is 0. The molecule has 0 bridgehead atoms. The van der Waals surface area contributed by atoms with E-state index in [2.05, 4.69) is 5.32 Å². The lowest BCUT2D eigenvalue weighted by Gasteiger charge is -2.05. The Labute approximate surface area is 108 Å². The van der Waals surface area contributed by atoms with Crippen molar-refractivity contribution in [3.05, 3.63) is 51.1 Å². The summed E-state index contributed by atoms with van der Waals surface area (Å²) in [6.07, 6.45) is 1.67. The highest BCUT2D eigenvalue weighted by molar-refractivity contribution is 5.95. The summed E-state index contributed by atoms with van der Waals surface area (Å²) in [5.41, 5.74) is -0.813. The van der Waals surface area contributed by atoms with E-state index in [0.717, 1.165) is 5.57 Å². The molecule has 0 unspecified atom stereocenters. The Kier molecular flexibility index (Phi) is 4.68. The molecular weight excluding hydrogens is 258 g/mol. The Hall–Kier alpha value is -2.31. The minimum absolute atomic E-state index is 0.130. The quantitative estimate of drug-likeness (QED) is 0.519. The van der Waals surface area contributed by atoms with Gasteiger partial charge in [0.15, 0.2) is 0 Å². The first-order chi connectivity index (χ1) is 8.82. The summed E-state index contributed by atoms with van der Waals surface area (Å²) < 4.78 is 26.8. The zero-order chi connectivity index (χ0) is 14.6. The van der Waals surface area contributed by atoms with Crippen molar-refractivity contribution >= 4 is 11.6 Å². The summed E-state index contributed by atoms with van der Waals surface area (Å²) in [5, 5.41) is 12.8. The van der Waals surface area contributed by atoms with Crippen molar-refractivity contribution in [1.82, 2.24) is 5.32 Å². The van der Waals surface area contributed by atoms with E-state index >= 15 is 0 Å². The van der Waals surface area contributed by atoms with Crippen molar-refractivity contribution in [2.24, 2.45) is 0 Å².